The van der Waals surface area contributed by atoms with Gasteiger partial charge >= 0.3 is 0 Å². The summed E-state index contributed by atoms with van der Waals surface area (Å²) in [5.41, 5.74) is 1.79. The smallest absolute Gasteiger partial charge is 0.263 e. The number of amides is 1. The van der Waals surface area contributed by atoms with Crippen molar-refractivity contribution in [2.45, 2.75) is 33.2 Å². The molecule has 1 aromatic heterocycles. The van der Waals surface area contributed by atoms with Gasteiger partial charge < -0.3 is 10.2 Å². The molecule has 0 atom stereocenters. The summed E-state index contributed by atoms with van der Waals surface area (Å²) in [4.78, 5) is 23.0. The van der Waals surface area contributed by atoms with Gasteiger partial charge in [0.25, 0.3) is 5.91 Å². The molecule has 0 radical (unpaired) electrons. The quantitative estimate of drug-likeness (QED) is 0.828. The van der Waals surface area contributed by atoms with Crippen LogP contribution in [0.2, 0.25) is 0 Å². The Labute approximate surface area is 166 Å². The largest absolute Gasteiger partial charge is 0.349 e. The van der Waals surface area contributed by atoms with E-state index in [1.165, 1.54) is 11.3 Å². The molecule has 2 heterocycles. The van der Waals surface area contributed by atoms with Crippen molar-refractivity contribution >= 4 is 17.2 Å². The fraction of sp³-hybridized carbons (Fsp3) is 0.524. The van der Waals surface area contributed by atoms with Gasteiger partial charge in [-0.1, -0.05) is 37.3 Å². The summed E-state index contributed by atoms with van der Waals surface area (Å²) >= 11 is 1.47. The molecule has 6 heteroatoms. The van der Waals surface area contributed by atoms with Crippen molar-refractivity contribution in [3.8, 4) is 10.6 Å². The molecule has 1 aromatic carbocycles. The van der Waals surface area contributed by atoms with Crippen LogP contribution in [0.25, 0.3) is 10.6 Å². The van der Waals surface area contributed by atoms with Crippen LogP contribution in [0.5, 0.6) is 0 Å². The first kappa shape index (κ1) is 20.0. The Bertz CT molecular complexity index is 764. The van der Waals surface area contributed by atoms with Crippen molar-refractivity contribution < 1.29 is 4.79 Å². The number of likely N-dealkylation sites (N-methyl/N-ethyl adjacent to an activating group) is 1. The van der Waals surface area contributed by atoms with Gasteiger partial charge in [0, 0.05) is 43.8 Å². The number of thiazole rings is 1. The van der Waals surface area contributed by atoms with Gasteiger partial charge in [-0.25, -0.2) is 4.98 Å². The lowest BCUT2D eigenvalue weighted by atomic mass is 10.0. The Balaban J connectivity index is 1.61. The predicted molar refractivity (Wildman–Crippen MR) is 112 cm³/mol. The molecular formula is C21H30N4OS. The van der Waals surface area contributed by atoms with Gasteiger partial charge in [-0.3, -0.25) is 9.69 Å². The van der Waals surface area contributed by atoms with Crippen LogP contribution in [-0.2, 0) is 0 Å². The summed E-state index contributed by atoms with van der Waals surface area (Å²) in [5.74, 6) is -0.0209. The lowest BCUT2D eigenvalue weighted by Gasteiger charge is -2.44. The molecule has 1 saturated heterocycles. The SMILES string of the molecule is CCN1CCN(C(C)(C)CNC(=O)c2sc(-c3ccccc3)nc2C)CC1. The zero-order valence-corrected chi connectivity index (χ0v) is 17.6. The first-order valence-corrected chi connectivity index (χ1v) is 10.5. The Hall–Kier alpha value is -1.76. The number of nitrogens with zero attached hydrogens (tertiary/aromatic N) is 3. The average Bonchev–Trinajstić information content (AvgIpc) is 3.09. The van der Waals surface area contributed by atoms with Crippen LogP contribution in [-0.4, -0.2) is 65.5 Å². The van der Waals surface area contributed by atoms with Crippen LogP contribution in [0.4, 0.5) is 0 Å². The minimum absolute atomic E-state index is 0.0209. The van der Waals surface area contributed by atoms with E-state index in [9.17, 15) is 4.79 Å². The van der Waals surface area contributed by atoms with Gasteiger partial charge in [0.05, 0.1) is 5.69 Å². The van der Waals surface area contributed by atoms with Gasteiger partial charge in [-0.15, -0.1) is 11.3 Å². The van der Waals surface area contributed by atoms with Crippen LogP contribution in [0, 0.1) is 6.92 Å². The van der Waals surface area contributed by atoms with E-state index >= 15 is 0 Å². The molecule has 1 aliphatic rings. The molecule has 0 aliphatic carbocycles. The minimum Gasteiger partial charge on any atom is -0.349 e. The molecule has 0 unspecified atom stereocenters. The average molecular weight is 387 g/mol. The third kappa shape index (κ3) is 4.75. The van der Waals surface area contributed by atoms with E-state index < -0.39 is 0 Å². The van der Waals surface area contributed by atoms with E-state index in [1.807, 2.05) is 37.3 Å². The predicted octanol–water partition coefficient (Wildman–Crippen LogP) is 3.26. The van der Waals surface area contributed by atoms with Crippen molar-refractivity contribution in [2.24, 2.45) is 0 Å². The summed E-state index contributed by atoms with van der Waals surface area (Å²) in [5, 5.41) is 4.04. The first-order chi connectivity index (χ1) is 12.9. The van der Waals surface area contributed by atoms with Crippen molar-refractivity contribution in [2.75, 3.05) is 39.3 Å². The standard InChI is InChI=1S/C21H30N4OS/c1-5-24-11-13-25(14-12-24)21(3,4)15-22-19(26)18-16(2)23-20(27-18)17-9-7-6-8-10-17/h6-10H,5,11-15H2,1-4H3,(H,22,26). The number of rotatable bonds is 6. The molecule has 1 aliphatic heterocycles. The van der Waals surface area contributed by atoms with E-state index in [0.717, 1.165) is 49.0 Å². The Morgan fingerprint density at radius 3 is 2.48 bits per heavy atom. The Morgan fingerprint density at radius 2 is 1.85 bits per heavy atom. The van der Waals surface area contributed by atoms with Crippen LogP contribution in [0.3, 0.4) is 0 Å². The number of hydrogen-bond acceptors (Lipinski definition) is 5. The molecule has 3 rings (SSSR count). The summed E-state index contributed by atoms with van der Waals surface area (Å²) in [6.45, 7) is 14.6. The summed E-state index contributed by atoms with van der Waals surface area (Å²) in [7, 11) is 0. The topological polar surface area (TPSA) is 48.5 Å². The summed E-state index contributed by atoms with van der Waals surface area (Å²) < 4.78 is 0. The van der Waals surface area contributed by atoms with Crippen molar-refractivity contribution in [3.63, 3.8) is 0 Å². The number of carbonyl (C=O) groups is 1. The van der Waals surface area contributed by atoms with Crippen LogP contribution >= 0.6 is 11.3 Å². The molecule has 2 aromatic rings. The number of aryl methyl sites for hydroxylation is 1. The van der Waals surface area contributed by atoms with Gasteiger partial charge in [0.15, 0.2) is 0 Å². The van der Waals surface area contributed by atoms with E-state index in [1.54, 1.807) is 0 Å². The van der Waals surface area contributed by atoms with Crippen LogP contribution in [0.1, 0.15) is 36.1 Å². The highest BCUT2D eigenvalue weighted by atomic mass is 32.1. The minimum atomic E-state index is -0.0592. The molecule has 1 fully saturated rings. The van der Waals surface area contributed by atoms with Crippen molar-refractivity contribution in [1.29, 1.82) is 0 Å². The fourth-order valence-corrected chi connectivity index (χ4v) is 4.46. The van der Waals surface area contributed by atoms with E-state index in [2.05, 4.69) is 40.9 Å². The maximum atomic E-state index is 12.8. The lowest BCUT2D eigenvalue weighted by molar-refractivity contribution is 0.0522. The number of nitrogens with one attached hydrogen (secondary N) is 1. The highest BCUT2D eigenvalue weighted by Crippen LogP contribution is 2.27. The van der Waals surface area contributed by atoms with Gasteiger partial charge in [-0.2, -0.15) is 0 Å². The molecule has 0 bridgehead atoms. The number of hydrogen-bond donors (Lipinski definition) is 1. The second-order valence-corrected chi connectivity index (χ2v) is 8.72. The van der Waals surface area contributed by atoms with Gasteiger partial charge in [0.1, 0.15) is 9.88 Å². The molecule has 1 N–H and O–H groups in total. The molecule has 0 saturated carbocycles. The third-order valence-corrected chi connectivity index (χ3v) is 6.59. The Morgan fingerprint density at radius 1 is 1.19 bits per heavy atom. The second kappa shape index (κ2) is 8.50. The Kier molecular flexibility index (Phi) is 6.29. The molecule has 146 valence electrons. The third-order valence-electron chi connectivity index (χ3n) is 5.38. The monoisotopic (exact) mass is 386 g/mol. The molecule has 1 amide bonds. The highest BCUT2D eigenvalue weighted by molar-refractivity contribution is 7.17. The maximum Gasteiger partial charge on any atom is 0.263 e. The fourth-order valence-electron chi connectivity index (χ4n) is 3.47. The first-order valence-electron chi connectivity index (χ1n) is 9.69. The van der Waals surface area contributed by atoms with Gasteiger partial charge in [-0.05, 0) is 27.3 Å². The number of carbonyl (C=O) groups excluding carboxylic acids is 1. The van der Waals surface area contributed by atoms with Crippen molar-refractivity contribution in [3.05, 3.63) is 40.9 Å². The number of benzene rings is 1. The maximum absolute atomic E-state index is 12.8. The highest BCUT2D eigenvalue weighted by Gasteiger charge is 2.30. The van der Waals surface area contributed by atoms with Crippen LogP contribution in [0.15, 0.2) is 30.3 Å². The zero-order chi connectivity index (χ0) is 19.4. The number of piperazine rings is 1. The van der Waals surface area contributed by atoms with E-state index in [0.29, 0.717) is 11.4 Å². The van der Waals surface area contributed by atoms with Gasteiger partial charge in [0.2, 0.25) is 0 Å². The van der Waals surface area contributed by atoms with Crippen LogP contribution < -0.4 is 5.32 Å². The summed E-state index contributed by atoms with van der Waals surface area (Å²) in [6.07, 6.45) is 0. The second-order valence-electron chi connectivity index (χ2n) is 7.72. The molecule has 0 spiro atoms. The molecule has 27 heavy (non-hydrogen) atoms. The van der Waals surface area contributed by atoms with E-state index in [4.69, 9.17) is 0 Å². The van der Waals surface area contributed by atoms with Crippen molar-refractivity contribution in [1.82, 2.24) is 20.1 Å². The van der Waals surface area contributed by atoms with E-state index in [-0.39, 0.29) is 11.4 Å². The number of aromatic nitrogens is 1. The normalized spacial score (nSPS) is 16.4. The molecular weight excluding hydrogens is 356 g/mol. The summed E-state index contributed by atoms with van der Waals surface area (Å²) in [6, 6.07) is 10.0. The lowest BCUT2D eigenvalue weighted by Crippen LogP contribution is -2.58. The zero-order valence-electron chi connectivity index (χ0n) is 16.8. The molecule has 5 nitrogen and oxygen atoms in total.